The Morgan fingerprint density at radius 2 is 1.00 bits per heavy atom. The minimum absolute atomic E-state index is 0. The minimum atomic E-state index is 0. The Hall–Kier alpha value is 2.98. The summed E-state index contributed by atoms with van der Waals surface area (Å²) in [5, 5.41) is 0. The fourth-order valence-electron chi connectivity index (χ4n) is 0. The molecule has 0 aromatic rings. The third-order valence-corrected chi connectivity index (χ3v) is 0. The first kappa shape index (κ1) is 28.1. The molecule has 6 radical (unpaired) electrons. The van der Waals surface area contributed by atoms with Crippen LogP contribution in [0.15, 0.2) is 0 Å². The van der Waals surface area contributed by atoms with Gasteiger partial charge in [0.25, 0.3) is 0 Å². The van der Waals surface area contributed by atoms with Crippen LogP contribution in [0.4, 0.5) is 0 Å². The van der Waals surface area contributed by atoms with E-state index in [9.17, 15) is 0 Å². The van der Waals surface area contributed by atoms with Crippen LogP contribution in [0, 0.1) is 0 Å². The molecule has 0 aromatic heterocycles. The van der Waals surface area contributed by atoms with Gasteiger partial charge in [-0.2, -0.15) is 0 Å². The first-order valence-electron chi connectivity index (χ1n) is 0. The molecular weight excluding hydrogens is 497 g/mol. The van der Waals surface area contributed by atoms with E-state index in [1.54, 1.807) is 0 Å². The van der Waals surface area contributed by atoms with Gasteiger partial charge in [-0.1, -0.05) is 0 Å². The Morgan fingerprint density at radius 1 is 1.00 bits per heavy atom. The molecule has 0 rings (SSSR count). The van der Waals surface area contributed by atoms with Gasteiger partial charge in [-0.15, -0.1) is 0 Å². The molecule has 4 heavy (non-hydrogen) atoms. The van der Waals surface area contributed by atoms with Crippen LogP contribution in [0.2, 0.25) is 0 Å². The third-order valence-electron chi connectivity index (χ3n) is 0. The van der Waals surface area contributed by atoms with E-state index in [-0.39, 0.29) is 90.7 Å². The van der Waals surface area contributed by atoms with Crippen LogP contribution >= 0.6 is 0 Å². The first-order chi connectivity index (χ1) is 0. The molecule has 0 bridgehead atoms. The Balaban J connectivity index is 0. The van der Waals surface area contributed by atoms with Crippen molar-refractivity contribution in [1.82, 2.24) is 0 Å². The second-order valence-electron chi connectivity index (χ2n) is 0. The van der Waals surface area contributed by atoms with Gasteiger partial charge in [0.05, 0.1) is 0 Å². The third kappa shape index (κ3) is 8.88. The average Bonchev–Trinajstić information content (AvgIpc) is 0. The Kier molecular flexibility index (Phi) is 117. The molecule has 4 heteroatoms. The van der Waals surface area contributed by atoms with Crippen LogP contribution < -0.4 is 0 Å². The summed E-state index contributed by atoms with van der Waals surface area (Å²) in [6.45, 7) is 0. The van der Waals surface area contributed by atoms with E-state index >= 15 is 0 Å². The van der Waals surface area contributed by atoms with Crippen molar-refractivity contribution in [1.29, 1.82) is 0 Å². The monoisotopic (exact) mass is 502 g/mol. The normalized spacial score (nSPS) is 0. The molecule has 0 saturated heterocycles. The number of rotatable bonds is 0. The van der Waals surface area contributed by atoms with Crippen molar-refractivity contribution in [2.45, 2.75) is 0 Å². The summed E-state index contributed by atoms with van der Waals surface area (Å²) in [6.07, 6.45) is 0. The van der Waals surface area contributed by atoms with Crippen LogP contribution in [-0.2, 0) is 39.4 Å². The Bertz CT molecular complexity index is 8.00. The Morgan fingerprint density at radius 3 is 1.00 bits per heavy atom. The molecule has 34 valence electrons. The van der Waals surface area contributed by atoms with Crippen molar-refractivity contribution in [3.05, 3.63) is 0 Å². The van der Waals surface area contributed by atoms with E-state index < -0.39 is 0 Å². The molecule has 0 N–H and O–H groups in total. The van der Waals surface area contributed by atoms with Crippen molar-refractivity contribution in [2.75, 3.05) is 0 Å². The standard InChI is InChI=1S/Ag.Cu.Pb.Sn.4H. The number of hydrogen-bond donors (Lipinski definition) is 0. The SMILES string of the molecule is [Ag].[Cu].[PbH2].[SnH2]. The van der Waals surface area contributed by atoms with E-state index in [0.29, 0.717) is 0 Å². The average molecular weight is 501 g/mol. The second-order valence-corrected chi connectivity index (χ2v) is 0. The molecular formula is H4AgCuPbSn. The van der Waals surface area contributed by atoms with Gasteiger partial charge in [-0.3, -0.25) is 0 Å². The van der Waals surface area contributed by atoms with Gasteiger partial charge in [0, 0.05) is 39.4 Å². The molecule has 0 unspecified atom stereocenters. The van der Waals surface area contributed by atoms with Gasteiger partial charge in [0.1, 0.15) is 0 Å². The van der Waals surface area contributed by atoms with Crippen LogP contribution in [0.3, 0.4) is 0 Å². The topological polar surface area (TPSA) is 0 Å². The molecule has 0 aliphatic heterocycles. The van der Waals surface area contributed by atoms with Crippen molar-refractivity contribution in [3.8, 4) is 0 Å². The summed E-state index contributed by atoms with van der Waals surface area (Å²) in [7, 11) is 0. The summed E-state index contributed by atoms with van der Waals surface area (Å²) in [5.41, 5.74) is 0. The molecule has 0 fully saturated rings. The molecule has 0 aromatic carbocycles. The van der Waals surface area contributed by atoms with Gasteiger partial charge in [-0.25, -0.2) is 0 Å². The Labute approximate surface area is 89.0 Å². The molecule has 0 spiro atoms. The van der Waals surface area contributed by atoms with Crippen LogP contribution in [-0.4, -0.2) is 51.2 Å². The maximum atomic E-state index is 0. The summed E-state index contributed by atoms with van der Waals surface area (Å²) in [5.74, 6) is 0. The summed E-state index contributed by atoms with van der Waals surface area (Å²) < 4.78 is 0. The molecule has 0 saturated carbocycles. The van der Waals surface area contributed by atoms with Crippen molar-refractivity contribution in [2.24, 2.45) is 0 Å². The van der Waals surface area contributed by atoms with Crippen molar-refractivity contribution >= 4 is 51.2 Å². The van der Waals surface area contributed by atoms with Crippen molar-refractivity contribution in [3.63, 3.8) is 0 Å². The van der Waals surface area contributed by atoms with Crippen LogP contribution in [0.5, 0.6) is 0 Å². The summed E-state index contributed by atoms with van der Waals surface area (Å²) in [4.78, 5) is 0. The molecule has 0 nitrogen and oxygen atoms in total. The molecule has 0 aliphatic carbocycles. The van der Waals surface area contributed by atoms with E-state index in [4.69, 9.17) is 0 Å². The van der Waals surface area contributed by atoms with Gasteiger partial charge in [-0.05, 0) is 0 Å². The van der Waals surface area contributed by atoms with Crippen LogP contribution in [0.1, 0.15) is 0 Å². The quantitative estimate of drug-likeness (QED) is 0.343. The van der Waals surface area contributed by atoms with Crippen molar-refractivity contribution < 1.29 is 39.4 Å². The zero-order chi connectivity index (χ0) is 0. The van der Waals surface area contributed by atoms with Gasteiger partial charge in [0.15, 0.2) is 0 Å². The number of hydrogen-bond acceptors (Lipinski definition) is 0. The predicted molar refractivity (Wildman–Crippen MR) is 17.1 cm³/mol. The van der Waals surface area contributed by atoms with E-state index in [0.717, 1.165) is 0 Å². The first-order valence-corrected chi connectivity index (χ1v) is 0. The van der Waals surface area contributed by atoms with E-state index in [1.807, 2.05) is 0 Å². The van der Waals surface area contributed by atoms with Crippen LogP contribution in [0.25, 0.3) is 0 Å². The fourth-order valence-corrected chi connectivity index (χ4v) is 0. The molecule has 0 heterocycles. The fraction of sp³-hybridized carbons (Fsp3) is 0. The zero-order valence-corrected chi connectivity index (χ0v) is 14.0. The summed E-state index contributed by atoms with van der Waals surface area (Å²) >= 11 is 0. The zero-order valence-electron chi connectivity index (χ0n) is 2.02. The van der Waals surface area contributed by atoms with Gasteiger partial charge in [0.2, 0.25) is 0 Å². The van der Waals surface area contributed by atoms with Gasteiger partial charge < -0.3 is 0 Å². The predicted octanol–water partition coefficient (Wildman–Crippen LogP) is -1.84. The van der Waals surface area contributed by atoms with E-state index in [2.05, 4.69) is 0 Å². The molecule has 0 aliphatic rings. The second kappa shape index (κ2) is 16.7. The molecule has 0 amide bonds. The maximum absolute atomic E-state index is 0. The van der Waals surface area contributed by atoms with E-state index in [1.165, 1.54) is 0 Å². The summed E-state index contributed by atoms with van der Waals surface area (Å²) in [6, 6.07) is 0. The van der Waals surface area contributed by atoms with Gasteiger partial charge >= 0.3 is 51.2 Å². The molecule has 0 atom stereocenters.